The van der Waals surface area contributed by atoms with Crippen molar-refractivity contribution in [1.82, 2.24) is 5.32 Å². The normalized spacial score (nSPS) is 24.1. The number of hydrogen-bond acceptors (Lipinski definition) is 3. The number of carbonyl (C=O) groups excluding carboxylic acids is 1. The van der Waals surface area contributed by atoms with Gasteiger partial charge in [-0.15, -0.1) is 23.2 Å². The molecule has 0 spiro atoms. The van der Waals surface area contributed by atoms with Crippen molar-refractivity contribution in [1.29, 1.82) is 0 Å². The highest BCUT2D eigenvalue weighted by atomic mass is 35.5. The van der Waals surface area contributed by atoms with E-state index < -0.39 is 9.75 Å². The molecule has 6 heteroatoms. The SMILES string of the molecule is COc1ccc(OC)c(C(C)NC(=O)C2(C)CC2(Cl)Cl)c1. The van der Waals surface area contributed by atoms with Crippen LogP contribution < -0.4 is 14.8 Å². The number of nitrogens with one attached hydrogen (secondary N) is 1. The number of halogens is 2. The molecule has 1 aliphatic rings. The Morgan fingerprint density at radius 1 is 1.33 bits per heavy atom. The van der Waals surface area contributed by atoms with Gasteiger partial charge in [0, 0.05) is 5.56 Å². The number of rotatable bonds is 5. The molecule has 2 rings (SSSR count). The van der Waals surface area contributed by atoms with Gasteiger partial charge in [0.05, 0.1) is 25.7 Å². The summed E-state index contributed by atoms with van der Waals surface area (Å²) in [6, 6.07) is 5.21. The second kappa shape index (κ2) is 5.58. The van der Waals surface area contributed by atoms with Crippen LogP contribution in [-0.4, -0.2) is 24.5 Å². The predicted octanol–water partition coefficient (Wildman–Crippen LogP) is 3.46. The van der Waals surface area contributed by atoms with E-state index in [0.717, 1.165) is 5.56 Å². The van der Waals surface area contributed by atoms with E-state index in [-0.39, 0.29) is 11.9 Å². The minimum absolute atomic E-state index is 0.162. The van der Waals surface area contributed by atoms with Gasteiger partial charge in [-0.3, -0.25) is 4.79 Å². The van der Waals surface area contributed by atoms with E-state index in [2.05, 4.69) is 5.32 Å². The van der Waals surface area contributed by atoms with Gasteiger partial charge in [-0.1, -0.05) is 0 Å². The Morgan fingerprint density at radius 3 is 2.43 bits per heavy atom. The molecule has 1 N–H and O–H groups in total. The van der Waals surface area contributed by atoms with Crippen molar-refractivity contribution in [2.75, 3.05) is 14.2 Å². The minimum atomic E-state index is -0.977. The van der Waals surface area contributed by atoms with Gasteiger partial charge in [0.25, 0.3) is 0 Å². The standard InChI is InChI=1S/C15H19Cl2NO3/c1-9(18-13(19)14(2)8-15(14,16)17)11-7-10(20-3)5-6-12(11)21-4/h5-7,9H,8H2,1-4H3,(H,18,19). The molecule has 2 unspecified atom stereocenters. The highest BCUT2D eigenvalue weighted by molar-refractivity contribution is 6.53. The number of methoxy groups -OCH3 is 2. The van der Waals surface area contributed by atoms with E-state index in [1.807, 2.05) is 25.1 Å². The Hall–Kier alpha value is -1.13. The average molecular weight is 332 g/mol. The molecule has 0 aromatic heterocycles. The molecule has 0 saturated heterocycles. The van der Waals surface area contributed by atoms with Crippen LogP contribution in [0.3, 0.4) is 0 Å². The van der Waals surface area contributed by atoms with Crippen LogP contribution >= 0.6 is 23.2 Å². The molecule has 1 amide bonds. The van der Waals surface area contributed by atoms with Crippen LogP contribution in [0.5, 0.6) is 11.5 Å². The van der Waals surface area contributed by atoms with Gasteiger partial charge in [-0.05, 0) is 38.5 Å². The first-order chi connectivity index (χ1) is 9.75. The summed E-state index contributed by atoms with van der Waals surface area (Å²) in [4.78, 5) is 12.3. The molecule has 4 nitrogen and oxygen atoms in total. The first kappa shape index (κ1) is 16.2. The fourth-order valence-corrected chi connectivity index (χ4v) is 2.96. The number of benzene rings is 1. The summed E-state index contributed by atoms with van der Waals surface area (Å²) in [5.74, 6) is 1.23. The molecular formula is C15H19Cl2NO3. The van der Waals surface area contributed by atoms with Gasteiger partial charge >= 0.3 is 0 Å². The van der Waals surface area contributed by atoms with E-state index in [1.54, 1.807) is 21.1 Å². The quantitative estimate of drug-likeness (QED) is 0.840. The lowest BCUT2D eigenvalue weighted by molar-refractivity contribution is -0.126. The molecule has 2 atom stereocenters. The van der Waals surface area contributed by atoms with E-state index in [0.29, 0.717) is 17.9 Å². The number of carbonyl (C=O) groups is 1. The van der Waals surface area contributed by atoms with Crippen molar-refractivity contribution in [3.63, 3.8) is 0 Å². The Kier molecular flexibility index (Phi) is 4.31. The van der Waals surface area contributed by atoms with E-state index in [9.17, 15) is 4.79 Å². The van der Waals surface area contributed by atoms with Gasteiger partial charge in [0.2, 0.25) is 5.91 Å². The van der Waals surface area contributed by atoms with Gasteiger partial charge < -0.3 is 14.8 Å². The summed E-state index contributed by atoms with van der Waals surface area (Å²) < 4.78 is 9.57. The second-order valence-corrected chi connectivity index (χ2v) is 7.00. The van der Waals surface area contributed by atoms with Crippen molar-refractivity contribution in [2.45, 2.75) is 30.6 Å². The molecule has 1 aromatic carbocycles. The number of hydrogen-bond donors (Lipinski definition) is 1. The van der Waals surface area contributed by atoms with Crippen molar-refractivity contribution in [2.24, 2.45) is 5.41 Å². The first-order valence-corrected chi connectivity index (χ1v) is 7.41. The molecule has 21 heavy (non-hydrogen) atoms. The molecule has 0 aliphatic heterocycles. The zero-order valence-electron chi connectivity index (χ0n) is 12.5. The molecule has 116 valence electrons. The van der Waals surface area contributed by atoms with Crippen LogP contribution in [0.25, 0.3) is 0 Å². The van der Waals surface area contributed by atoms with Crippen LogP contribution in [0.2, 0.25) is 0 Å². The third-order valence-electron chi connectivity index (χ3n) is 4.01. The van der Waals surface area contributed by atoms with Gasteiger partial charge in [-0.2, -0.15) is 0 Å². The lowest BCUT2D eigenvalue weighted by Crippen LogP contribution is -2.35. The summed E-state index contributed by atoms with van der Waals surface area (Å²) >= 11 is 12.1. The Balaban J connectivity index is 2.17. The van der Waals surface area contributed by atoms with Crippen LogP contribution in [0, 0.1) is 5.41 Å². The average Bonchev–Trinajstić information content (AvgIpc) is 2.98. The summed E-state index contributed by atoms with van der Waals surface area (Å²) in [5, 5.41) is 2.94. The summed E-state index contributed by atoms with van der Waals surface area (Å²) in [6.07, 6.45) is 0.455. The molecule has 0 radical (unpaired) electrons. The second-order valence-electron chi connectivity index (χ2n) is 5.52. The zero-order chi connectivity index (χ0) is 15.8. The Bertz CT molecular complexity index is 562. The molecule has 1 aromatic rings. The summed E-state index contributed by atoms with van der Waals surface area (Å²) in [6.45, 7) is 3.64. The summed E-state index contributed by atoms with van der Waals surface area (Å²) in [5.41, 5.74) is 0.0976. The lowest BCUT2D eigenvalue weighted by Gasteiger charge is -2.21. The third-order valence-corrected chi connectivity index (χ3v) is 5.11. The maximum Gasteiger partial charge on any atom is 0.229 e. The topological polar surface area (TPSA) is 47.6 Å². The number of amides is 1. The number of alkyl halides is 2. The highest BCUT2D eigenvalue weighted by Crippen LogP contribution is 2.63. The Morgan fingerprint density at radius 2 is 1.95 bits per heavy atom. The zero-order valence-corrected chi connectivity index (χ0v) is 14.0. The summed E-state index contributed by atoms with van der Waals surface area (Å²) in [7, 11) is 3.18. The number of ether oxygens (including phenoxy) is 2. The maximum atomic E-state index is 12.3. The molecular weight excluding hydrogens is 313 g/mol. The molecule has 0 bridgehead atoms. The van der Waals surface area contributed by atoms with Gasteiger partial charge in [0.15, 0.2) is 0 Å². The largest absolute Gasteiger partial charge is 0.497 e. The maximum absolute atomic E-state index is 12.3. The molecule has 1 saturated carbocycles. The van der Waals surface area contributed by atoms with E-state index in [1.165, 1.54) is 0 Å². The Labute approximate surface area is 134 Å². The predicted molar refractivity (Wildman–Crippen MR) is 83.3 cm³/mol. The van der Waals surface area contributed by atoms with Crippen LogP contribution in [-0.2, 0) is 4.79 Å². The highest BCUT2D eigenvalue weighted by Gasteiger charge is 2.67. The van der Waals surface area contributed by atoms with Crippen LogP contribution in [0.4, 0.5) is 0 Å². The van der Waals surface area contributed by atoms with E-state index in [4.69, 9.17) is 32.7 Å². The lowest BCUT2D eigenvalue weighted by atomic mass is 10.0. The van der Waals surface area contributed by atoms with Crippen LogP contribution in [0.15, 0.2) is 18.2 Å². The minimum Gasteiger partial charge on any atom is -0.497 e. The smallest absolute Gasteiger partial charge is 0.229 e. The van der Waals surface area contributed by atoms with Crippen molar-refractivity contribution < 1.29 is 14.3 Å². The monoisotopic (exact) mass is 331 g/mol. The first-order valence-electron chi connectivity index (χ1n) is 6.66. The third kappa shape index (κ3) is 2.92. The van der Waals surface area contributed by atoms with Crippen molar-refractivity contribution in [3.05, 3.63) is 23.8 Å². The van der Waals surface area contributed by atoms with E-state index >= 15 is 0 Å². The fraction of sp³-hybridized carbons (Fsp3) is 0.533. The van der Waals surface area contributed by atoms with Crippen molar-refractivity contribution in [3.8, 4) is 11.5 Å². The molecule has 1 fully saturated rings. The van der Waals surface area contributed by atoms with Gasteiger partial charge in [-0.25, -0.2) is 0 Å². The van der Waals surface area contributed by atoms with Gasteiger partial charge in [0.1, 0.15) is 15.8 Å². The fourth-order valence-electron chi connectivity index (χ4n) is 2.26. The van der Waals surface area contributed by atoms with Crippen LogP contribution in [0.1, 0.15) is 31.9 Å². The van der Waals surface area contributed by atoms with Crippen molar-refractivity contribution >= 4 is 29.1 Å². The molecule has 1 aliphatic carbocycles. The molecule has 0 heterocycles.